The molecule has 7 nitrogen and oxygen atoms in total. The molecule has 0 amide bonds. The van der Waals surface area contributed by atoms with Crippen molar-refractivity contribution in [1.82, 2.24) is 14.8 Å². The molecule has 2 rings (SSSR count). The van der Waals surface area contributed by atoms with Crippen LogP contribution in [0.15, 0.2) is 30.6 Å². The molecule has 1 N–H and O–H groups in total. The van der Waals surface area contributed by atoms with Crippen molar-refractivity contribution in [2.45, 2.75) is 0 Å². The zero-order valence-electron chi connectivity index (χ0n) is 8.49. The molecule has 0 aliphatic carbocycles. The summed E-state index contributed by atoms with van der Waals surface area (Å²) >= 11 is 0. The molecule has 2 aromatic rings. The summed E-state index contributed by atoms with van der Waals surface area (Å²) in [7, 11) is 1.76. The Bertz CT molecular complexity index is 522. The molecular formula is C9H9N5O2. The summed E-state index contributed by atoms with van der Waals surface area (Å²) in [5.41, 5.74) is -0.000307. The molecular weight excluding hydrogens is 210 g/mol. The number of pyridine rings is 1. The van der Waals surface area contributed by atoms with Gasteiger partial charge >= 0.3 is 0 Å². The van der Waals surface area contributed by atoms with Crippen LogP contribution in [-0.4, -0.2) is 19.7 Å². The van der Waals surface area contributed by atoms with E-state index in [9.17, 15) is 10.1 Å². The number of aromatic nitrogens is 3. The molecule has 0 fully saturated rings. The van der Waals surface area contributed by atoms with Gasteiger partial charge in [-0.2, -0.15) is 5.10 Å². The fraction of sp³-hybridized carbons (Fsp3) is 0.111. The predicted molar refractivity (Wildman–Crippen MR) is 57.4 cm³/mol. The standard InChI is InChI=1S/C9H9N5O2/c1-13-9(3-5-11-13)12-8-6-7(14(15)16)2-4-10-8/h2-6H,1H3,(H,10,12). The van der Waals surface area contributed by atoms with Gasteiger partial charge in [-0.15, -0.1) is 0 Å². The molecule has 0 saturated carbocycles. The lowest BCUT2D eigenvalue weighted by Gasteiger charge is -2.04. The molecule has 2 aromatic heterocycles. The van der Waals surface area contributed by atoms with Crippen molar-refractivity contribution < 1.29 is 4.92 Å². The minimum atomic E-state index is -0.462. The Morgan fingerprint density at radius 3 is 2.88 bits per heavy atom. The first-order chi connectivity index (χ1) is 7.66. The van der Waals surface area contributed by atoms with Crippen molar-refractivity contribution in [3.8, 4) is 0 Å². The van der Waals surface area contributed by atoms with Crippen LogP contribution in [0.5, 0.6) is 0 Å². The largest absolute Gasteiger partial charge is 0.325 e. The lowest BCUT2D eigenvalue weighted by atomic mass is 10.4. The van der Waals surface area contributed by atoms with Gasteiger partial charge < -0.3 is 5.32 Å². The fourth-order valence-corrected chi connectivity index (χ4v) is 1.23. The summed E-state index contributed by atoms with van der Waals surface area (Å²) in [5.74, 6) is 1.13. The Kier molecular flexibility index (Phi) is 2.50. The van der Waals surface area contributed by atoms with E-state index in [4.69, 9.17) is 0 Å². The van der Waals surface area contributed by atoms with Gasteiger partial charge in [-0.3, -0.25) is 14.8 Å². The minimum Gasteiger partial charge on any atom is -0.325 e. The van der Waals surface area contributed by atoms with E-state index in [1.54, 1.807) is 24.0 Å². The van der Waals surface area contributed by atoms with Crippen LogP contribution in [0.25, 0.3) is 0 Å². The number of hydrogen-bond acceptors (Lipinski definition) is 5. The summed E-state index contributed by atoms with van der Waals surface area (Å²) < 4.78 is 1.61. The highest BCUT2D eigenvalue weighted by atomic mass is 16.6. The molecule has 16 heavy (non-hydrogen) atoms. The number of nitrogens with zero attached hydrogens (tertiary/aromatic N) is 4. The summed E-state index contributed by atoms with van der Waals surface area (Å²) in [6.07, 6.45) is 3.01. The van der Waals surface area contributed by atoms with E-state index in [1.807, 2.05) is 0 Å². The maximum atomic E-state index is 10.6. The molecule has 0 atom stereocenters. The minimum absolute atomic E-state index is 0.000307. The average molecular weight is 219 g/mol. The van der Waals surface area contributed by atoms with Gasteiger partial charge in [0.05, 0.1) is 17.2 Å². The Hall–Kier alpha value is -2.44. The zero-order chi connectivity index (χ0) is 11.5. The third kappa shape index (κ3) is 1.97. The third-order valence-electron chi connectivity index (χ3n) is 2.03. The smallest absolute Gasteiger partial charge is 0.274 e. The van der Waals surface area contributed by atoms with E-state index < -0.39 is 4.92 Å². The molecule has 0 aromatic carbocycles. The Labute approximate surface area is 90.9 Å². The fourth-order valence-electron chi connectivity index (χ4n) is 1.23. The number of aryl methyl sites for hydroxylation is 1. The van der Waals surface area contributed by atoms with E-state index in [1.165, 1.54) is 18.3 Å². The van der Waals surface area contributed by atoms with Crippen LogP contribution >= 0.6 is 0 Å². The van der Waals surface area contributed by atoms with E-state index in [2.05, 4.69) is 15.4 Å². The number of anilines is 2. The number of rotatable bonds is 3. The molecule has 0 saturated heterocycles. The van der Waals surface area contributed by atoms with E-state index in [-0.39, 0.29) is 5.69 Å². The van der Waals surface area contributed by atoms with Crippen LogP contribution in [0.3, 0.4) is 0 Å². The topological polar surface area (TPSA) is 85.9 Å². The summed E-state index contributed by atoms with van der Waals surface area (Å²) in [5, 5.41) is 17.5. The first kappa shape index (κ1) is 10.1. The Balaban J connectivity index is 2.25. The summed E-state index contributed by atoms with van der Waals surface area (Å²) in [4.78, 5) is 14.1. The maximum absolute atomic E-state index is 10.6. The monoisotopic (exact) mass is 219 g/mol. The molecule has 0 radical (unpaired) electrons. The molecule has 2 heterocycles. The van der Waals surface area contributed by atoms with Gasteiger partial charge in [-0.1, -0.05) is 0 Å². The molecule has 82 valence electrons. The van der Waals surface area contributed by atoms with Crippen LogP contribution in [0.2, 0.25) is 0 Å². The average Bonchev–Trinajstić information content (AvgIpc) is 2.65. The first-order valence-corrected chi connectivity index (χ1v) is 4.52. The highest BCUT2D eigenvalue weighted by molar-refractivity contribution is 5.54. The van der Waals surface area contributed by atoms with Gasteiger partial charge in [0.15, 0.2) is 0 Å². The number of nitro groups is 1. The summed E-state index contributed by atoms with van der Waals surface area (Å²) in [6.45, 7) is 0. The van der Waals surface area contributed by atoms with Gasteiger partial charge in [-0.25, -0.2) is 4.98 Å². The normalized spacial score (nSPS) is 10.1. The third-order valence-corrected chi connectivity index (χ3v) is 2.03. The SMILES string of the molecule is Cn1nccc1Nc1cc([N+](=O)[O-])ccn1. The van der Waals surface area contributed by atoms with Gasteiger partial charge in [0, 0.05) is 25.4 Å². The summed E-state index contributed by atoms with van der Waals surface area (Å²) in [6, 6.07) is 4.46. The number of nitrogens with one attached hydrogen (secondary N) is 1. The second kappa shape index (κ2) is 3.97. The predicted octanol–water partition coefficient (Wildman–Crippen LogP) is 1.47. The molecule has 0 aliphatic rings. The van der Waals surface area contributed by atoms with Crippen molar-refractivity contribution >= 4 is 17.3 Å². The molecule has 7 heteroatoms. The van der Waals surface area contributed by atoms with Crippen LogP contribution in [0.4, 0.5) is 17.3 Å². The lowest BCUT2D eigenvalue weighted by molar-refractivity contribution is -0.384. The highest BCUT2D eigenvalue weighted by Crippen LogP contribution is 2.17. The van der Waals surface area contributed by atoms with E-state index in [0.717, 1.165) is 0 Å². The second-order valence-electron chi connectivity index (χ2n) is 3.12. The number of hydrogen-bond donors (Lipinski definition) is 1. The molecule has 0 aliphatic heterocycles. The van der Waals surface area contributed by atoms with E-state index >= 15 is 0 Å². The van der Waals surface area contributed by atoms with E-state index in [0.29, 0.717) is 11.6 Å². The van der Waals surface area contributed by atoms with Crippen molar-refractivity contribution in [2.75, 3.05) is 5.32 Å². The lowest BCUT2D eigenvalue weighted by Crippen LogP contribution is -2.01. The van der Waals surface area contributed by atoms with Gasteiger partial charge in [0.25, 0.3) is 5.69 Å². The van der Waals surface area contributed by atoms with Crippen molar-refractivity contribution in [2.24, 2.45) is 7.05 Å². The van der Waals surface area contributed by atoms with Gasteiger partial charge in [0.1, 0.15) is 11.6 Å². The quantitative estimate of drug-likeness (QED) is 0.624. The second-order valence-corrected chi connectivity index (χ2v) is 3.12. The molecule has 0 spiro atoms. The van der Waals surface area contributed by atoms with Crippen molar-refractivity contribution in [3.05, 3.63) is 40.7 Å². The Morgan fingerprint density at radius 2 is 2.25 bits per heavy atom. The van der Waals surface area contributed by atoms with Crippen molar-refractivity contribution in [1.29, 1.82) is 0 Å². The van der Waals surface area contributed by atoms with Crippen LogP contribution in [-0.2, 0) is 7.05 Å². The zero-order valence-corrected chi connectivity index (χ0v) is 8.49. The van der Waals surface area contributed by atoms with Gasteiger partial charge in [-0.05, 0) is 0 Å². The first-order valence-electron chi connectivity index (χ1n) is 4.52. The Morgan fingerprint density at radius 1 is 1.44 bits per heavy atom. The van der Waals surface area contributed by atoms with Crippen LogP contribution in [0.1, 0.15) is 0 Å². The maximum Gasteiger partial charge on any atom is 0.274 e. The molecule has 0 bridgehead atoms. The molecule has 0 unspecified atom stereocenters. The van der Waals surface area contributed by atoms with Crippen molar-refractivity contribution in [3.63, 3.8) is 0 Å². The van der Waals surface area contributed by atoms with Crippen LogP contribution in [0, 0.1) is 10.1 Å². The van der Waals surface area contributed by atoms with Crippen LogP contribution < -0.4 is 5.32 Å². The van der Waals surface area contributed by atoms with Gasteiger partial charge in [0.2, 0.25) is 0 Å². The highest BCUT2D eigenvalue weighted by Gasteiger charge is 2.07.